The van der Waals surface area contributed by atoms with Crippen molar-refractivity contribution in [2.24, 2.45) is 10.7 Å². The summed E-state index contributed by atoms with van der Waals surface area (Å²) in [6, 6.07) is 1.03. The molecule has 2 heterocycles. The quantitative estimate of drug-likeness (QED) is 0.409. The van der Waals surface area contributed by atoms with Gasteiger partial charge in [0.2, 0.25) is 0 Å². The third kappa shape index (κ3) is 7.02. The number of nitrogens with zero attached hydrogens (tertiary/aromatic N) is 3. The number of guanidine groups is 1. The van der Waals surface area contributed by atoms with E-state index in [1.54, 1.807) is 4.90 Å². The van der Waals surface area contributed by atoms with Gasteiger partial charge in [0, 0.05) is 31.7 Å². The Morgan fingerprint density at radius 2 is 1.96 bits per heavy atom. The number of piperidine rings is 2. The van der Waals surface area contributed by atoms with Crippen molar-refractivity contribution in [1.82, 2.24) is 15.1 Å². The molecule has 0 aromatic heterocycles. The molecular weight excluding hydrogens is 330 g/mol. The number of rotatable bonds is 7. The Balaban J connectivity index is 1.56. The minimum atomic E-state index is -0.212. The van der Waals surface area contributed by atoms with Gasteiger partial charge in [-0.2, -0.15) is 0 Å². The zero-order valence-electron chi connectivity index (χ0n) is 16.6. The first-order valence-electron chi connectivity index (χ1n) is 10.3. The topological polar surface area (TPSA) is 83.2 Å². The van der Waals surface area contributed by atoms with Crippen molar-refractivity contribution in [1.29, 1.82) is 0 Å². The lowest BCUT2D eigenvalue weighted by atomic mass is 10.0. The molecule has 0 spiro atoms. The molecule has 7 heteroatoms. The standard InChI is InChI=1S/C19H37N5O2/c1-3-26-19(25)24-14-9-17(10-15-24)22-18(20)21-11-5-7-13-23-12-6-4-8-16(23)2/h16-17H,3-15H2,1-2H3,(H3,20,21,22). The molecule has 2 fully saturated rings. The molecule has 150 valence electrons. The zero-order chi connectivity index (χ0) is 18.8. The highest BCUT2D eigenvalue weighted by Crippen LogP contribution is 2.16. The molecule has 2 rings (SSSR count). The summed E-state index contributed by atoms with van der Waals surface area (Å²) in [7, 11) is 0. The second-order valence-electron chi connectivity index (χ2n) is 7.46. The van der Waals surface area contributed by atoms with Crippen molar-refractivity contribution < 1.29 is 9.53 Å². The average molecular weight is 368 g/mol. The molecule has 0 saturated carbocycles. The Labute approximate surface area is 158 Å². The number of carbonyl (C=O) groups excluding carboxylic acids is 1. The molecule has 2 aliphatic rings. The highest BCUT2D eigenvalue weighted by Gasteiger charge is 2.23. The Hall–Kier alpha value is -1.50. The second kappa shape index (κ2) is 11.3. The first-order valence-corrected chi connectivity index (χ1v) is 10.3. The first-order chi connectivity index (χ1) is 12.6. The van der Waals surface area contributed by atoms with Gasteiger partial charge >= 0.3 is 6.09 Å². The third-order valence-corrected chi connectivity index (χ3v) is 5.45. The summed E-state index contributed by atoms with van der Waals surface area (Å²) in [4.78, 5) is 20.5. The van der Waals surface area contributed by atoms with E-state index in [0.717, 1.165) is 31.8 Å². The van der Waals surface area contributed by atoms with E-state index in [1.165, 1.54) is 38.8 Å². The summed E-state index contributed by atoms with van der Waals surface area (Å²) in [6.45, 7) is 9.21. The number of amides is 1. The van der Waals surface area contributed by atoms with Crippen LogP contribution in [0.4, 0.5) is 4.79 Å². The molecule has 2 saturated heterocycles. The first kappa shape index (κ1) is 20.8. The van der Waals surface area contributed by atoms with Crippen molar-refractivity contribution in [3.8, 4) is 0 Å². The van der Waals surface area contributed by atoms with E-state index in [-0.39, 0.29) is 6.09 Å². The Morgan fingerprint density at radius 3 is 2.65 bits per heavy atom. The van der Waals surface area contributed by atoms with Gasteiger partial charge in [-0.3, -0.25) is 4.99 Å². The van der Waals surface area contributed by atoms with Crippen LogP contribution >= 0.6 is 0 Å². The van der Waals surface area contributed by atoms with Crippen molar-refractivity contribution in [3.63, 3.8) is 0 Å². The number of likely N-dealkylation sites (tertiary alicyclic amines) is 2. The monoisotopic (exact) mass is 367 g/mol. The smallest absolute Gasteiger partial charge is 0.409 e. The minimum Gasteiger partial charge on any atom is -0.450 e. The Kier molecular flexibility index (Phi) is 9.01. The lowest BCUT2D eigenvalue weighted by Gasteiger charge is -2.33. The van der Waals surface area contributed by atoms with E-state index in [0.29, 0.717) is 31.7 Å². The summed E-state index contributed by atoms with van der Waals surface area (Å²) in [5.41, 5.74) is 6.02. The minimum absolute atomic E-state index is 0.212. The highest BCUT2D eigenvalue weighted by atomic mass is 16.6. The number of carbonyl (C=O) groups is 1. The summed E-state index contributed by atoms with van der Waals surface area (Å²) >= 11 is 0. The number of hydrogen-bond donors (Lipinski definition) is 2. The van der Waals surface area contributed by atoms with E-state index in [1.807, 2.05) is 6.92 Å². The summed E-state index contributed by atoms with van der Waals surface area (Å²) in [5.74, 6) is 0.533. The number of aliphatic imine (C=N–C) groups is 1. The fraction of sp³-hybridized carbons (Fsp3) is 0.895. The molecular formula is C19H37N5O2. The highest BCUT2D eigenvalue weighted by molar-refractivity contribution is 5.78. The van der Waals surface area contributed by atoms with E-state index < -0.39 is 0 Å². The van der Waals surface area contributed by atoms with E-state index in [2.05, 4.69) is 22.1 Å². The van der Waals surface area contributed by atoms with Gasteiger partial charge in [0.25, 0.3) is 0 Å². The van der Waals surface area contributed by atoms with Gasteiger partial charge in [0.05, 0.1) is 6.61 Å². The van der Waals surface area contributed by atoms with Crippen LogP contribution in [-0.2, 0) is 4.74 Å². The fourth-order valence-electron chi connectivity index (χ4n) is 3.79. The van der Waals surface area contributed by atoms with Crippen LogP contribution in [0.3, 0.4) is 0 Å². The van der Waals surface area contributed by atoms with Crippen molar-refractivity contribution in [3.05, 3.63) is 0 Å². The molecule has 0 aromatic carbocycles. The van der Waals surface area contributed by atoms with Crippen LogP contribution in [0.25, 0.3) is 0 Å². The molecule has 0 aromatic rings. The molecule has 0 bridgehead atoms. The molecule has 1 atom stereocenters. The molecule has 0 radical (unpaired) electrons. The number of unbranched alkanes of at least 4 members (excludes halogenated alkanes) is 1. The maximum absolute atomic E-state index is 11.7. The number of nitrogens with one attached hydrogen (secondary N) is 1. The molecule has 7 nitrogen and oxygen atoms in total. The van der Waals surface area contributed by atoms with Gasteiger partial charge in [-0.05, 0) is 65.5 Å². The van der Waals surface area contributed by atoms with Crippen LogP contribution in [0.1, 0.15) is 58.8 Å². The summed E-state index contributed by atoms with van der Waals surface area (Å²) in [5, 5.41) is 3.30. The molecule has 2 aliphatic heterocycles. The summed E-state index contributed by atoms with van der Waals surface area (Å²) < 4.78 is 5.04. The maximum Gasteiger partial charge on any atom is 0.409 e. The number of nitrogens with two attached hydrogens (primary N) is 1. The molecule has 26 heavy (non-hydrogen) atoms. The molecule has 1 unspecified atom stereocenters. The zero-order valence-corrected chi connectivity index (χ0v) is 16.6. The van der Waals surface area contributed by atoms with Gasteiger partial charge in [0.15, 0.2) is 5.96 Å². The predicted molar refractivity (Wildman–Crippen MR) is 105 cm³/mol. The van der Waals surface area contributed by atoms with E-state index >= 15 is 0 Å². The largest absolute Gasteiger partial charge is 0.450 e. The van der Waals surface area contributed by atoms with Crippen LogP contribution in [-0.4, -0.2) is 73.3 Å². The molecule has 1 amide bonds. The van der Waals surface area contributed by atoms with Crippen molar-refractivity contribution in [2.45, 2.75) is 70.9 Å². The molecule has 0 aliphatic carbocycles. The summed E-state index contributed by atoms with van der Waals surface area (Å²) in [6.07, 6.45) is 7.85. The predicted octanol–water partition coefficient (Wildman–Crippen LogP) is 2.17. The molecule has 3 N–H and O–H groups in total. The van der Waals surface area contributed by atoms with Crippen LogP contribution < -0.4 is 11.1 Å². The number of ether oxygens (including phenoxy) is 1. The number of hydrogen-bond acceptors (Lipinski definition) is 4. The van der Waals surface area contributed by atoms with Crippen LogP contribution in [0.15, 0.2) is 4.99 Å². The van der Waals surface area contributed by atoms with Crippen molar-refractivity contribution >= 4 is 12.1 Å². The lowest BCUT2D eigenvalue weighted by molar-refractivity contribution is 0.0963. The third-order valence-electron chi connectivity index (χ3n) is 5.45. The lowest BCUT2D eigenvalue weighted by Crippen LogP contribution is -2.48. The van der Waals surface area contributed by atoms with Gasteiger partial charge in [-0.1, -0.05) is 6.42 Å². The van der Waals surface area contributed by atoms with Crippen LogP contribution in [0, 0.1) is 0 Å². The van der Waals surface area contributed by atoms with Crippen LogP contribution in [0.5, 0.6) is 0 Å². The fourth-order valence-corrected chi connectivity index (χ4v) is 3.79. The second-order valence-corrected chi connectivity index (χ2v) is 7.46. The SMILES string of the molecule is CCOC(=O)N1CCC(NC(N)=NCCCCN2CCCCC2C)CC1. The normalized spacial score (nSPS) is 23.1. The Bertz CT molecular complexity index is 449. The van der Waals surface area contributed by atoms with Crippen molar-refractivity contribution in [2.75, 3.05) is 39.3 Å². The van der Waals surface area contributed by atoms with Crippen LogP contribution in [0.2, 0.25) is 0 Å². The average Bonchev–Trinajstić information content (AvgIpc) is 2.63. The van der Waals surface area contributed by atoms with Gasteiger partial charge < -0.3 is 25.6 Å². The Morgan fingerprint density at radius 1 is 1.19 bits per heavy atom. The van der Waals surface area contributed by atoms with E-state index in [4.69, 9.17) is 10.5 Å². The van der Waals surface area contributed by atoms with Gasteiger partial charge in [-0.15, -0.1) is 0 Å². The maximum atomic E-state index is 11.7. The van der Waals surface area contributed by atoms with E-state index in [9.17, 15) is 4.79 Å². The van der Waals surface area contributed by atoms with Gasteiger partial charge in [0.1, 0.15) is 0 Å². The van der Waals surface area contributed by atoms with Gasteiger partial charge in [-0.25, -0.2) is 4.79 Å².